The lowest BCUT2D eigenvalue weighted by molar-refractivity contribution is -0.0342. The van der Waals surface area contributed by atoms with E-state index in [9.17, 15) is 4.79 Å². The van der Waals surface area contributed by atoms with Crippen LogP contribution < -0.4 is 0 Å². The fourth-order valence-electron chi connectivity index (χ4n) is 3.55. The smallest absolute Gasteiger partial charge is 0.411 e. The van der Waals surface area contributed by atoms with Crippen molar-refractivity contribution in [1.82, 2.24) is 4.90 Å². The van der Waals surface area contributed by atoms with E-state index in [4.69, 9.17) is 9.47 Å². The Bertz CT molecular complexity index is 804. The van der Waals surface area contributed by atoms with Crippen molar-refractivity contribution in [3.63, 3.8) is 0 Å². The highest BCUT2D eigenvalue weighted by atomic mass is 79.9. The lowest BCUT2D eigenvalue weighted by atomic mass is 9.90. The minimum absolute atomic E-state index is 0.0145. The first-order chi connectivity index (χ1) is 12.7. The van der Waals surface area contributed by atoms with Crippen LogP contribution in [0.3, 0.4) is 0 Å². The van der Waals surface area contributed by atoms with E-state index in [2.05, 4.69) is 34.1 Å². The van der Waals surface area contributed by atoms with Crippen LogP contribution in [0.5, 0.6) is 0 Å². The van der Waals surface area contributed by atoms with Crippen LogP contribution in [0.4, 0.5) is 4.79 Å². The molecule has 2 aliphatic heterocycles. The van der Waals surface area contributed by atoms with Gasteiger partial charge in [0.25, 0.3) is 0 Å². The molecule has 1 amide bonds. The van der Waals surface area contributed by atoms with E-state index < -0.39 is 0 Å². The zero-order valence-corrected chi connectivity index (χ0v) is 15.9. The van der Waals surface area contributed by atoms with E-state index in [1.54, 1.807) is 0 Å². The molecule has 2 bridgehead atoms. The number of carbonyl (C=O) groups excluding carboxylic acids is 1. The van der Waals surface area contributed by atoms with Crippen LogP contribution in [0, 0.1) is 0 Å². The molecule has 0 aromatic heterocycles. The summed E-state index contributed by atoms with van der Waals surface area (Å²) in [5.74, 6) is 0. The van der Waals surface area contributed by atoms with Crippen LogP contribution in [-0.4, -0.2) is 36.3 Å². The van der Waals surface area contributed by atoms with Crippen LogP contribution in [-0.2, 0) is 16.1 Å². The number of morpholine rings is 1. The molecule has 134 valence electrons. The van der Waals surface area contributed by atoms with Crippen molar-refractivity contribution in [3.05, 3.63) is 76.3 Å². The number of benzene rings is 2. The first-order valence-corrected chi connectivity index (χ1v) is 9.53. The fourth-order valence-corrected chi connectivity index (χ4v) is 3.82. The molecule has 4 nitrogen and oxygen atoms in total. The molecule has 0 saturated carbocycles. The van der Waals surface area contributed by atoms with Crippen LogP contribution in [0.15, 0.2) is 65.1 Å². The van der Waals surface area contributed by atoms with Crippen molar-refractivity contribution >= 4 is 27.6 Å². The Morgan fingerprint density at radius 2 is 1.88 bits per heavy atom. The lowest BCUT2D eigenvalue weighted by Crippen LogP contribution is -2.56. The van der Waals surface area contributed by atoms with Gasteiger partial charge in [0.1, 0.15) is 6.61 Å². The Morgan fingerprint density at radius 1 is 1.12 bits per heavy atom. The zero-order valence-electron chi connectivity index (χ0n) is 14.3. The average molecular weight is 414 g/mol. The Kier molecular flexibility index (Phi) is 5.09. The van der Waals surface area contributed by atoms with Crippen LogP contribution in [0.1, 0.15) is 17.5 Å². The molecule has 2 atom stereocenters. The Balaban J connectivity index is 1.49. The summed E-state index contributed by atoms with van der Waals surface area (Å²) in [6.45, 7) is 1.35. The predicted molar refractivity (Wildman–Crippen MR) is 104 cm³/mol. The molecule has 2 aromatic carbocycles. The largest absolute Gasteiger partial charge is 0.445 e. The first-order valence-electron chi connectivity index (χ1n) is 8.74. The molecule has 2 aromatic rings. The summed E-state index contributed by atoms with van der Waals surface area (Å²) in [5.41, 5.74) is 3.45. The van der Waals surface area contributed by atoms with Gasteiger partial charge in [-0.3, -0.25) is 4.90 Å². The van der Waals surface area contributed by atoms with Crippen molar-refractivity contribution in [1.29, 1.82) is 0 Å². The van der Waals surface area contributed by atoms with Crippen LogP contribution in [0.25, 0.3) is 5.57 Å². The fraction of sp³-hybridized carbons (Fsp3) is 0.286. The van der Waals surface area contributed by atoms with Gasteiger partial charge in [0.05, 0.1) is 25.3 Å². The van der Waals surface area contributed by atoms with Gasteiger partial charge in [0.2, 0.25) is 0 Å². The topological polar surface area (TPSA) is 38.8 Å². The summed E-state index contributed by atoms with van der Waals surface area (Å²) in [6, 6.07) is 18.0. The molecule has 0 radical (unpaired) electrons. The molecule has 2 unspecified atom stereocenters. The molecule has 1 fully saturated rings. The summed E-state index contributed by atoms with van der Waals surface area (Å²) in [5, 5.41) is 0. The van der Waals surface area contributed by atoms with Crippen molar-refractivity contribution in [2.45, 2.75) is 25.1 Å². The second kappa shape index (κ2) is 7.64. The normalized spacial score (nSPS) is 21.9. The summed E-state index contributed by atoms with van der Waals surface area (Å²) < 4.78 is 12.3. The molecular formula is C21H20BrNO3. The molecule has 0 spiro atoms. The molecule has 5 heteroatoms. The third-order valence-electron chi connectivity index (χ3n) is 4.83. The highest BCUT2D eigenvalue weighted by molar-refractivity contribution is 9.10. The molecule has 2 heterocycles. The van der Waals surface area contributed by atoms with Crippen molar-refractivity contribution in [2.75, 3.05) is 13.2 Å². The Hall–Kier alpha value is -2.11. The van der Waals surface area contributed by atoms with E-state index >= 15 is 0 Å². The van der Waals surface area contributed by atoms with Gasteiger partial charge in [-0.1, -0.05) is 64.5 Å². The van der Waals surface area contributed by atoms with Gasteiger partial charge in [0, 0.05) is 4.47 Å². The summed E-state index contributed by atoms with van der Waals surface area (Å²) in [7, 11) is 0. The van der Waals surface area contributed by atoms with Gasteiger partial charge in [-0.15, -0.1) is 0 Å². The molecule has 0 aliphatic carbocycles. The molecule has 2 aliphatic rings. The third-order valence-corrected chi connectivity index (χ3v) is 5.36. The molecule has 26 heavy (non-hydrogen) atoms. The number of hydrogen-bond donors (Lipinski definition) is 0. The summed E-state index contributed by atoms with van der Waals surface area (Å²) in [6.07, 6.45) is 2.65. The van der Waals surface area contributed by atoms with E-state index in [1.165, 1.54) is 11.1 Å². The number of ether oxygens (including phenoxy) is 2. The van der Waals surface area contributed by atoms with Crippen molar-refractivity contribution in [3.8, 4) is 0 Å². The molecule has 4 rings (SSSR count). The van der Waals surface area contributed by atoms with E-state index in [-0.39, 0.29) is 18.2 Å². The van der Waals surface area contributed by atoms with Crippen molar-refractivity contribution < 1.29 is 14.3 Å². The number of nitrogens with zero attached hydrogens (tertiary/aromatic N) is 1. The maximum atomic E-state index is 12.7. The van der Waals surface area contributed by atoms with Gasteiger partial charge in [-0.2, -0.15) is 0 Å². The van der Waals surface area contributed by atoms with Gasteiger partial charge in [-0.05, 0) is 35.3 Å². The summed E-state index contributed by atoms with van der Waals surface area (Å²) >= 11 is 3.47. The quantitative estimate of drug-likeness (QED) is 0.735. The molecular weight excluding hydrogens is 394 g/mol. The monoisotopic (exact) mass is 413 g/mol. The lowest BCUT2D eigenvalue weighted by Gasteiger charge is -2.43. The minimum Gasteiger partial charge on any atom is -0.445 e. The number of amides is 1. The molecule has 1 saturated heterocycles. The van der Waals surface area contributed by atoms with Crippen molar-refractivity contribution in [2.24, 2.45) is 0 Å². The highest BCUT2D eigenvalue weighted by Gasteiger charge is 2.39. The van der Waals surface area contributed by atoms with E-state index in [0.717, 1.165) is 16.5 Å². The standard InChI is InChI=1S/C21H20BrNO3/c22-18-8-6-16(7-9-18)17-10-19-13-25-14-20(11-17)23(19)21(24)26-12-15-4-2-1-3-5-15/h1-10,19-20H,11-14H2. The minimum atomic E-state index is -0.266. The predicted octanol–water partition coefficient (Wildman–Crippen LogP) is 4.64. The number of carbonyl (C=O) groups is 1. The number of halogens is 1. The molecule has 0 N–H and O–H groups in total. The zero-order chi connectivity index (χ0) is 17.9. The van der Waals surface area contributed by atoms with Crippen LogP contribution >= 0.6 is 15.9 Å². The van der Waals surface area contributed by atoms with Gasteiger partial charge in [0.15, 0.2) is 0 Å². The maximum Gasteiger partial charge on any atom is 0.411 e. The number of rotatable bonds is 3. The second-order valence-electron chi connectivity index (χ2n) is 6.61. The Morgan fingerprint density at radius 3 is 2.62 bits per heavy atom. The van der Waals surface area contributed by atoms with Gasteiger partial charge < -0.3 is 9.47 Å². The van der Waals surface area contributed by atoms with Crippen LogP contribution in [0.2, 0.25) is 0 Å². The second-order valence-corrected chi connectivity index (χ2v) is 7.52. The first kappa shape index (κ1) is 17.3. The number of fused-ring (bicyclic) bond motifs is 2. The number of hydrogen-bond acceptors (Lipinski definition) is 3. The maximum absolute atomic E-state index is 12.7. The highest BCUT2D eigenvalue weighted by Crippen LogP contribution is 2.33. The van der Waals surface area contributed by atoms with E-state index in [0.29, 0.717) is 19.8 Å². The summed E-state index contributed by atoms with van der Waals surface area (Å²) in [4.78, 5) is 14.5. The van der Waals surface area contributed by atoms with E-state index in [1.807, 2.05) is 47.4 Å². The SMILES string of the molecule is O=C(OCc1ccccc1)N1C2C=C(c3ccc(Br)cc3)CC1COC2. The Labute approximate surface area is 161 Å². The third kappa shape index (κ3) is 3.69. The van der Waals surface area contributed by atoms with Gasteiger partial charge in [-0.25, -0.2) is 4.79 Å². The van der Waals surface area contributed by atoms with Gasteiger partial charge >= 0.3 is 6.09 Å². The average Bonchev–Trinajstić information content (AvgIpc) is 2.66.